The van der Waals surface area contributed by atoms with Gasteiger partial charge in [-0.05, 0) is 13.3 Å². The van der Waals surface area contributed by atoms with Crippen molar-refractivity contribution in [1.82, 2.24) is 10.2 Å². The number of nitrogens with one attached hydrogen (secondary N) is 1. The van der Waals surface area contributed by atoms with Crippen molar-refractivity contribution in [3.05, 3.63) is 45.4 Å². The van der Waals surface area contributed by atoms with Crippen LogP contribution in [0.3, 0.4) is 0 Å². The van der Waals surface area contributed by atoms with Crippen LogP contribution in [0.25, 0.3) is 0 Å². The van der Waals surface area contributed by atoms with Gasteiger partial charge in [0.25, 0.3) is 0 Å². The van der Waals surface area contributed by atoms with Gasteiger partial charge in [0, 0.05) is 37.1 Å². The topological polar surface area (TPSA) is 155 Å². The lowest BCUT2D eigenvalue weighted by Crippen LogP contribution is -2.43. The zero-order valence-electron chi connectivity index (χ0n) is 28.4. The molecule has 1 aromatic heterocycles. The second kappa shape index (κ2) is 30.6. The molecular formula is C33H58N4O8S. The molecule has 1 rings (SSSR count). The van der Waals surface area contributed by atoms with Crippen molar-refractivity contribution in [1.29, 1.82) is 0 Å². The molecule has 0 saturated heterocycles. The molecule has 1 aromatic rings. The maximum atomic E-state index is 12.4. The highest BCUT2D eigenvalue weighted by atomic mass is 32.2. The van der Waals surface area contributed by atoms with Gasteiger partial charge in [-0.2, -0.15) is 11.8 Å². The Labute approximate surface area is 280 Å². The first kappa shape index (κ1) is 42.9. The van der Waals surface area contributed by atoms with E-state index in [2.05, 4.69) is 12.2 Å². The molecule has 0 fully saturated rings. The minimum absolute atomic E-state index is 0.165. The van der Waals surface area contributed by atoms with Crippen LogP contribution in [0.1, 0.15) is 123 Å². The molecule has 264 valence electrons. The third kappa shape index (κ3) is 26.2. The third-order valence-electron chi connectivity index (χ3n) is 7.26. The molecule has 0 aliphatic rings. The molecule has 0 aliphatic carbocycles. The highest BCUT2D eigenvalue weighted by molar-refractivity contribution is 7.99. The number of aromatic nitrogens is 1. The zero-order chi connectivity index (χ0) is 34.3. The first-order valence-corrected chi connectivity index (χ1v) is 18.1. The van der Waals surface area contributed by atoms with E-state index in [-0.39, 0.29) is 25.2 Å². The van der Waals surface area contributed by atoms with Crippen LogP contribution < -0.4 is 9.88 Å². The molecule has 13 heteroatoms. The van der Waals surface area contributed by atoms with Crippen LogP contribution in [-0.2, 0) is 27.4 Å². The van der Waals surface area contributed by atoms with Gasteiger partial charge in [-0.25, -0.2) is 19.1 Å². The van der Waals surface area contributed by atoms with Gasteiger partial charge in [0.05, 0.1) is 5.09 Å². The molecule has 0 spiro atoms. The second-order valence-corrected chi connectivity index (χ2v) is 12.3. The van der Waals surface area contributed by atoms with Crippen molar-refractivity contribution in [2.24, 2.45) is 0 Å². The Kier molecular flexibility index (Phi) is 28.5. The molecule has 1 heterocycles. The smallest absolute Gasteiger partial charge is 0.417 e. The first-order valence-electron chi connectivity index (χ1n) is 16.9. The molecular weight excluding hydrogens is 612 g/mol. The van der Waals surface area contributed by atoms with Gasteiger partial charge in [-0.15, -0.1) is 0 Å². The predicted octanol–water partition coefficient (Wildman–Crippen LogP) is 7.57. The van der Waals surface area contributed by atoms with Crippen molar-refractivity contribution in [2.45, 2.75) is 130 Å². The van der Waals surface area contributed by atoms with E-state index >= 15 is 0 Å². The number of unbranched alkanes of at least 4 members (excludes halogenated alkanes) is 14. The van der Waals surface area contributed by atoms with E-state index in [9.17, 15) is 14.4 Å². The molecule has 0 atom stereocenters. The van der Waals surface area contributed by atoms with Gasteiger partial charge in [-0.3, -0.25) is 4.79 Å². The number of imide groups is 1. The normalized spacial score (nSPS) is 10.4. The standard InChI is InChI=1S/C33H57N3O5S.NO3/c1-4-6-7-8-9-10-11-12-13-14-15-16-17-18-20-23-34-32(38)40-25-27-42-28-26-41-33(39)36(30(3)37)29-31-22-19-21-24-35(31)5-2;2-1(3)4/h19,21-22,24H,4-18,20,23,25-29H2,1-3H3;/q;-1/p+1. The van der Waals surface area contributed by atoms with E-state index < -0.39 is 11.2 Å². The van der Waals surface area contributed by atoms with Crippen LogP contribution in [0, 0.1) is 15.3 Å². The van der Waals surface area contributed by atoms with E-state index in [0.29, 0.717) is 24.7 Å². The summed E-state index contributed by atoms with van der Waals surface area (Å²) >= 11 is 1.53. The number of ether oxygens (including phenoxy) is 2. The van der Waals surface area contributed by atoms with Gasteiger partial charge in [0.2, 0.25) is 11.6 Å². The van der Waals surface area contributed by atoms with Crippen LogP contribution in [0.4, 0.5) is 9.59 Å². The second-order valence-electron chi connectivity index (χ2n) is 11.0. The number of thioether (sulfide) groups is 1. The first-order chi connectivity index (χ1) is 22.2. The van der Waals surface area contributed by atoms with Gasteiger partial charge in [0.1, 0.15) is 26.3 Å². The summed E-state index contributed by atoms with van der Waals surface area (Å²) in [6, 6.07) is 5.68. The molecule has 3 amide bonds. The number of hydrogen-bond acceptors (Lipinski definition) is 9. The summed E-state index contributed by atoms with van der Waals surface area (Å²) in [4.78, 5) is 45.7. The Bertz CT molecular complexity index is 950. The summed E-state index contributed by atoms with van der Waals surface area (Å²) in [6.07, 6.45) is 20.7. The fourth-order valence-electron chi connectivity index (χ4n) is 4.73. The number of rotatable bonds is 25. The molecule has 12 nitrogen and oxygen atoms in total. The highest BCUT2D eigenvalue weighted by Gasteiger charge is 2.23. The molecule has 0 bridgehead atoms. The third-order valence-corrected chi connectivity index (χ3v) is 8.17. The average Bonchev–Trinajstić information content (AvgIpc) is 3.02. The fourth-order valence-corrected chi connectivity index (χ4v) is 5.34. The van der Waals surface area contributed by atoms with Crippen molar-refractivity contribution in [3.8, 4) is 0 Å². The Morgan fingerprint density at radius 1 is 0.826 bits per heavy atom. The summed E-state index contributed by atoms with van der Waals surface area (Å²) in [6.45, 7) is 7.67. The van der Waals surface area contributed by atoms with Crippen molar-refractivity contribution < 1.29 is 33.5 Å². The number of amides is 3. The Morgan fingerprint density at radius 2 is 1.33 bits per heavy atom. The van der Waals surface area contributed by atoms with Crippen LogP contribution in [-0.4, -0.2) is 59.3 Å². The van der Waals surface area contributed by atoms with Crippen LogP contribution in [0.5, 0.6) is 0 Å². The van der Waals surface area contributed by atoms with Crippen molar-refractivity contribution in [3.63, 3.8) is 0 Å². The number of nitrogens with zero attached hydrogens (tertiary/aromatic N) is 3. The van der Waals surface area contributed by atoms with Gasteiger partial charge < -0.3 is 30.1 Å². The summed E-state index contributed by atoms with van der Waals surface area (Å²) < 4.78 is 12.5. The summed E-state index contributed by atoms with van der Waals surface area (Å²) in [5, 5.41) is 17.6. The lowest BCUT2D eigenvalue weighted by Gasteiger charge is -2.17. The number of aryl methyl sites for hydroxylation is 1. The number of hydrogen-bond donors (Lipinski definition) is 1. The number of carbonyl (C=O) groups excluding carboxylic acids is 3. The van der Waals surface area contributed by atoms with Crippen LogP contribution in [0.2, 0.25) is 0 Å². The highest BCUT2D eigenvalue weighted by Crippen LogP contribution is 2.13. The average molecular weight is 671 g/mol. The minimum atomic E-state index is -1.75. The van der Waals surface area contributed by atoms with Crippen molar-refractivity contribution in [2.75, 3.05) is 31.3 Å². The minimum Gasteiger partial charge on any atom is -0.449 e. The van der Waals surface area contributed by atoms with E-state index in [0.717, 1.165) is 30.0 Å². The maximum Gasteiger partial charge on any atom is 0.417 e. The van der Waals surface area contributed by atoms with Crippen LogP contribution in [0.15, 0.2) is 24.4 Å². The van der Waals surface area contributed by atoms with E-state index in [4.69, 9.17) is 24.8 Å². The predicted molar refractivity (Wildman–Crippen MR) is 182 cm³/mol. The van der Waals surface area contributed by atoms with Gasteiger partial charge in [0.15, 0.2) is 6.20 Å². The molecule has 1 N–H and O–H groups in total. The van der Waals surface area contributed by atoms with Gasteiger partial charge in [-0.1, -0.05) is 103 Å². The molecule has 46 heavy (non-hydrogen) atoms. The zero-order valence-corrected chi connectivity index (χ0v) is 29.2. The molecule has 0 radical (unpaired) electrons. The van der Waals surface area contributed by atoms with Crippen LogP contribution >= 0.6 is 11.8 Å². The Balaban J connectivity index is 0.00000476. The molecule has 0 aromatic carbocycles. The quantitative estimate of drug-likeness (QED) is 0.0480. The summed E-state index contributed by atoms with van der Waals surface area (Å²) in [5.41, 5.74) is 0.858. The Hall–Kier alpha value is -3.09. The van der Waals surface area contributed by atoms with E-state index in [1.807, 2.05) is 35.9 Å². The summed E-state index contributed by atoms with van der Waals surface area (Å²) in [7, 11) is 0. The van der Waals surface area contributed by atoms with E-state index in [1.165, 1.54) is 102 Å². The lowest BCUT2D eigenvalue weighted by atomic mass is 10.0. The monoisotopic (exact) mass is 670 g/mol. The van der Waals surface area contributed by atoms with Gasteiger partial charge >= 0.3 is 12.2 Å². The largest absolute Gasteiger partial charge is 0.449 e. The fraction of sp³-hybridized carbons (Fsp3) is 0.758. The number of alkyl carbamates (subject to hydrolysis) is 1. The maximum absolute atomic E-state index is 12.4. The molecule has 0 unspecified atom stereocenters. The number of pyridine rings is 1. The SMILES string of the molecule is CCCCCCCCCCCCCCCCCNC(=O)OCCSCCOC(=O)N(Cc1cccc[n+]1CC)C(C)=O.O=[N+]([O-])[O-]. The number of carbonyl (C=O) groups is 3. The molecule has 0 saturated carbocycles. The van der Waals surface area contributed by atoms with E-state index in [1.54, 1.807) is 0 Å². The Morgan fingerprint density at radius 3 is 1.83 bits per heavy atom. The lowest BCUT2D eigenvalue weighted by molar-refractivity contribution is -0.701. The summed E-state index contributed by atoms with van der Waals surface area (Å²) in [5.74, 6) is 0.811. The molecule has 0 aliphatic heterocycles. The van der Waals surface area contributed by atoms with Crippen molar-refractivity contribution >= 4 is 29.9 Å².